The van der Waals surface area contributed by atoms with Crippen LogP contribution < -0.4 is 0 Å². The maximum absolute atomic E-state index is 6.71. The maximum Gasteiger partial charge on any atom is 0.607 e. The maximum atomic E-state index is 6.71. The highest BCUT2D eigenvalue weighted by Gasteiger charge is 2.59. The minimum absolute atomic E-state index is 0.588. The lowest BCUT2D eigenvalue weighted by Crippen LogP contribution is -2.60. The summed E-state index contributed by atoms with van der Waals surface area (Å²) in [6.07, 6.45) is 0. The van der Waals surface area contributed by atoms with Crippen LogP contribution in [0.1, 0.15) is 83.1 Å². The first kappa shape index (κ1) is 25.8. The van der Waals surface area contributed by atoms with Crippen molar-refractivity contribution < 1.29 is 21.8 Å². The fraction of sp³-hybridized carbons (Fsp3) is 1.00. The van der Waals surface area contributed by atoms with Gasteiger partial charge in [0.2, 0.25) is 0 Å². The molecule has 0 heterocycles. The molecule has 9 heteroatoms. The van der Waals surface area contributed by atoms with E-state index in [9.17, 15) is 0 Å². The summed E-state index contributed by atoms with van der Waals surface area (Å²) < 4.78 is 30.0. The topological polar surface area (TPSA) is 46.2 Å². The Kier molecular flexibility index (Phi) is 8.31. The Labute approximate surface area is 165 Å². The second-order valence-electron chi connectivity index (χ2n) is 9.92. The molecule has 0 aliphatic rings. The summed E-state index contributed by atoms with van der Waals surface area (Å²) in [5, 5.41) is 0. The number of hydrogen-bond donors (Lipinski definition) is 0. The van der Waals surface area contributed by atoms with Gasteiger partial charge in [0.25, 0.3) is 0 Å². The second kappa shape index (κ2) is 8.05. The summed E-state index contributed by atoms with van der Waals surface area (Å²) in [6.45, 7) is 22.5. The van der Waals surface area contributed by atoms with Crippen LogP contribution in [0.25, 0.3) is 0 Å². The lowest BCUT2D eigenvalue weighted by atomic mass is 10.2. The van der Waals surface area contributed by atoms with Crippen LogP contribution in [-0.2, 0) is 21.8 Å². The molecule has 0 radical (unpaired) electrons. The van der Waals surface area contributed by atoms with Crippen LogP contribution in [0.3, 0.4) is 0 Å². The van der Waals surface area contributed by atoms with E-state index in [1.165, 1.54) is 0 Å². The normalized spacial score (nSPS) is 15.6. The Morgan fingerprint density at radius 2 is 0.600 bits per heavy atom. The molecule has 25 heavy (non-hydrogen) atoms. The van der Waals surface area contributed by atoms with E-state index in [1.807, 2.05) is 83.1 Å². The molecule has 0 amide bonds. The number of hydrogen-bond acceptors (Lipinski definition) is 5. The highest BCUT2D eigenvalue weighted by Crippen LogP contribution is 2.36. The van der Waals surface area contributed by atoms with Crippen LogP contribution in [-0.4, -0.2) is 38.6 Å². The molecule has 0 atom stereocenters. The van der Waals surface area contributed by atoms with E-state index in [4.69, 9.17) is 44.0 Å². The summed E-state index contributed by atoms with van der Waals surface area (Å²) in [5.41, 5.74) is -2.35. The largest absolute Gasteiger partial charge is 0.607 e. The fourth-order valence-corrected chi connectivity index (χ4v) is 11.5. The van der Waals surface area contributed by atoms with E-state index in [0.717, 1.165) is 0 Å². The van der Waals surface area contributed by atoms with Gasteiger partial charge in [-0.25, -0.2) is 0 Å². The Bertz CT molecular complexity index is 362. The van der Waals surface area contributed by atoms with Crippen molar-refractivity contribution in [3.63, 3.8) is 0 Å². The second-order valence-corrected chi connectivity index (χ2v) is 16.3. The van der Waals surface area contributed by atoms with Gasteiger partial charge >= 0.3 is 16.2 Å². The molecule has 5 nitrogen and oxygen atoms in total. The average molecular weight is 436 g/mol. The van der Waals surface area contributed by atoms with Gasteiger partial charge in [0.15, 0.2) is 0 Å². The van der Waals surface area contributed by atoms with Crippen LogP contribution in [0.2, 0.25) is 0 Å². The summed E-state index contributed by atoms with van der Waals surface area (Å²) in [5.74, 6) is 0. The van der Waals surface area contributed by atoms with Crippen molar-refractivity contribution in [2.24, 2.45) is 0 Å². The molecule has 0 N–H and O–H groups in total. The third-order valence-corrected chi connectivity index (χ3v) is 9.65. The Hall–Kier alpha value is 0.814. The van der Waals surface area contributed by atoms with Crippen LogP contribution in [0.15, 0.2) is 0 Å². The lowest BCUT2D eigenvalue weighted by Gasteiger charge is -2.41. The molecule has 0 aliphatic heterocycles. The van der Waals surface area contributed by atoms with E-state index in [-0.39, 0.29) is 0 Å². The van der Waals surface area contributed by atoms with Gasteiger partial charge in [-0.05, 0) is 83.1 Å². The lowest BCUT2D eigenvalue weighted by molar-refractivity contribution is -0.0486. The number of halogens is 2. The van der Waals surface area contributed by atoms with Gasteiger partial charge in [-0.3, -0.25) is 0 Å². The molecule has 0 fully saturated rings. The summed E-state index contributed by atoms with van der Waals surface area (Å²) in [4.78, 5) is 0. The van der Waals surface area contributed by atoms with Crippen molar-refractivity contribution >= 4 is 38.4 Å². The molecule has 0 bridgehead atoms. The molecule has 152 valence electrons. The van der Waals surface area contributed by atoms with Gasteiger partial charge in [0.1, 0.15) is 0 Å². The Balaban J connectivity index is 5.79. The third kappa shape index (κ3) is 13.6. The van der Waals surface area contributed by atoms with Crippen LogP contribution >= 0.6 is 22.2 Å². The molecule has 0 saturated heterocycles. The van der Waals surface area contributed by atoms with Gasteiger partial charge in [0.05, 0.1) is 22.4 Å². The first-order valence-electron chi connectivity index (χ1n) is 8.42. The summed E-state index contributed by atoms with van der Waals surface area (Å²) in [7, 11) is -7.41. The predicted molar refractivity (Wildman–Crippen MR) is 108 cm³/mol. The van der Waals surface area contributed by atoms with E-state index < -0.39 is 38.6 Å². The smallest absolute Gasteiger partial charge is 0.357 e. The van der Waals surface area contributed by atoms with Crippen molar-refractivity contribution in [1.29, 1.82) is 0 Å². The van der Waals surface area contributed by atoms with Crippen molar-refractivity contribution in [2.75, 3.05) is 0 Å². The van der Waals surface area contributed by atoms with Crippen molar-refractivity contribution in [2.45, 2.75) is 105 Å². The quantitative estimate of drug-likeness (QED) is 0.401. The highest BCUT2D eigenvalue weighted by molar-refractivity contribution is 7.18. The van der Waals surface area contributed by atoms with Crippen LogP contribution in [0, 0.1) is 0 Å². The molecular formula is C16H36Cl2O5Si2. The molecule has 0 aromatic heterocycles. The average Bonchev–Trinajstić information content (AvgIpc) is 1.97. The van der Waals surface area contributed by atoms with E-state index in [2.05, 4.69) is 0 Å². The van der Waals surface area contributed by atoms with Gasteiger partial charge in [-0.2, -0.15) is 0 Å². The van der Waals surface area contributed by atoms with Gasteiger partial charge in [-0.15, -0.1) is 0 Å². The van der Waals surface area contributed by atoms with Crippen molar-refractivity contribution in [1.82, 2.24) is 0 Å². The molecular weight excluding hydrogens is 399 g/mol. The van der Waals surface area contributed by atoms with Crippen LogP contribution in [0.4, 0.5) is 0 Å². The molecule has 0 saturated carbocycles. The SMILES string of the molecule is CC(C)(C)O[Si](Cl)(OC(C)(C)C)O[Si](Cl)(OC(C)(C)C)OC(C)(C)C. The molecule has 0 aliphatic carbocycles. The fourth-order valence-electron chi connectivity index (χ4n) is 1.73. The highest BCUT2D eigenvalue weighted by atomic mass is 35.6. The van der Waals surface area contributed by atoms with Crippen LogP contribution in [0.5, 0.6) is 0 Å². The van der Waals surface area contributed by atoms with Crippen molar-refractivity contribution in [3.8, 4) is 0 Å². The van der Waals surface area contributed by atoms with Gasteiger partial charge in [0, 0.05) is 0 Å². The summed E-state index contributed by atoms with van der Waals surface area (Å²) >= 11 is 13.4. The summed E-state index contributed by atoms with van der Waals surface area (Å²) in [6, 6.07) is 0. The molecule has 0 rings (SSSR count). The standard InChI is InChI=1S/C16H36Cl2O5Si2/c1-13(2,3)19-24(17,20-14(4,5)6)23-25(18,21-15(7,8)9)22-16(10,11)12/h1-12H3. The van der Waals surface area contributed by atoms with E-state index in [0.29, 0.717) is 0 Å². The Morgan fingerprint density at radius 1 is 0.440 bits per heavy atom. The zero-order chi connectivity index (χ0) is 20.5. The van der Waals surface area contributed by atoms with Crippen molar-refractivity contribution in [3.05, 3.63) is 0 Å². The zero-order valence-corrected chi connectivity index (χ0v) is 21.3. The zero-order valence-electron chi connectivity index (χ0n) is 17.8. The van der Waals surface area contributed by atoms with E-state index in [1.54, 1.807) is 0 Å². The first-order chi connectivity index (χ1) is 10.5. The molecule has 0 aromatic carbocycles. The predicted octanol–water partition coefficient (Wildman–Crippen LogP) is 5.61. The van der Waals surface area contributed by atoms with E-state index >= 15 is 0 Å². The van der Waals surface area contributed by atoms with Gasteiger partial charge < -0.3 is 21.8 Å². The van der Waals surface area contributed by atoms with Gasteiger partial charge in [-0.1, -0.05) is 22.2 Å². The third-order valence-electron chi connectivity index (χ3n) is 1.96. The monoisotopic (exact) mass is 434 g/mol. The molecule has 0 unspecified atom stereocenters. The number of rotatable bonds is 6. The molecule has 0 aromatic rings. The Morgan fingerprint density at radius 3 is 0.720 bits per heavy atom. The minimum Gasteiger partial charge on any atom is -0.357 e. The first-order valence-corrected chi connectivity index (χ1v) is 13.9. The molecule has 0 spiro atoms. The minimum atomic E-state index is -3.70.